The van der Waals surface area contributed by atoms with Crippen LogP contribution in [0, 0.1) is 0 Å². The Morgan fingerprint density at radius 2 is 1.59 bits per heavy atom. The largest absolute Gasteiger partial charge is 0.369 e. The molecular formula is C26H37Cl2N3O. The number of fused-ring (bicyclic) bond motifs is 1. The first-order chi connectivity index (χ1) is 14.8. The lowest BCUT2D eigenvalue weighted by molar-refractivity contribution is -0.122. The van der Waals surface area contributed by atoms with Crippen molar-refractivity contribution in [3.63, 3.8) is 0 Å². The molecule has 2 aromatic rings. The van der Waals surface area contributed by atoms with Crippen molar-refractivity contribution < 1.29 is 4.79 Å². The van der Waals surface area contributed by atoms with Gasteiger partial charge in [0.15, 0.2) is 0 Å². The zero-order valence-electron chi connectivity index (χ0n) is 18.9. The number of halogens is 2. The number of carbonyl (C=O) groups is 1. The lowest BCUT2D eigenvalue weighted by Gasteiger charge is -2.36. The van der Waals surface area contributed by atoms with Gasteiger partial charge in [0, 0.05) is 38.3 Å². The van der Waals surface area contributed by atoms with Crippen LogP contribution in [-0.4, -0.2) is 43.5 Å². The number of para-hydroxylation sites is 1. The molecule has 4 rings (SSSR count). The van der Waals surface area contributed by atoms with Crippen LogP contribution in [-0.2, 0) is 11.2 Å². The zero-order chi connectivity index (χ0) is 20.6. The molecule has 0 saturated carbocycles. The molecule has 0 spiro atoms. The number of carbonyl (C=O) groups excluding carboxylic acids is 1. The second-order valence-electron chi connectivity index (χ2n) is 8.69. The van der Waals surface area contributed by atoms with Crippen molar-refractivity contribution >= 4 is 36.4 Å². The van der Waals surface area contributed by atoms with E-state index in [9.17, 15) is 4.79 Å². The van der Waals surface area contributed by atoms with Gasteiger partial charge in [-0.3, -0.25) is 9.69 Å². The number of anilines is 1. The molecule has 1 saturated heterocycles. The van der Waals surface area contributed by atoms with E-state index in [2.05, 4.69) is 69.7 Å². The molecular weight excluding hydrogens is 441 g/mol. The van der Waals surface area contributed by atoms with E-state index in [0.29, 0.717) is 6.42 Å². The molecule has 1 unspecified atom stereocenters. The number of nitrogens with one attached hydrogen (secondary N) is 1. The minimum Gasteiger partial charge on any atom is -0.369 e. The summed E-state index contributed by atoms with van der Waals surface area (Å²) < 4.78 is 0. The molecule has 1 heterocycles. The molecule has 32 heavy (non-hydrogen) atoms. The highest BCUT2D eigenvalue weighted by atomic mass is 35.5. The van der Waals surface area contributed by atoms with E-state index < -0.39 is 0 Å². The minimum absolute atomic E-state index is 0. The van der Waals surface area contributed by atoms with Gasteiger partial charge in [0.1, 0.15) is 0 Å². The number of hydrogen-bond donors (Lipinski definition) is 1. The third-order valence-corrected chi connectivity index (χ3v) is 6.58. The summed E-state index contributed by atoms with van der Waals surface area (Å²) in [7, 11) is 0. The van der Waals surface area contributed by atoms with Gasteiger partial charge in [0.25, 0.3) is 0 Å². The van der Waals surface area contributed by atoms with Crippen molar-refractivity contribution in [3.05, 3.63) is 65.7 Å². The molecule has 1 atom stereocenters. The van der Waals surface area contributed by atoms with Gasteiger partial charge in [-0.05, 0) is 61.9 Å². The zero-order valence-corrected chi connectivity index (χ0v) is 20.5. The standard InChI is InChI=1S/C26H35N3O.2ClH/c30-26(27-25-15-9-11-22-10-6-7-14-24(22)25)16-5-2-8-17-28-18-20-29(21-19-28)23-12-3-1-4-13-23;;/h1,3-4,6-7,10,12-14,25H,2,5,8-9,11,15-21H2,(H,27,30);2*1H. The van der Waals surface area contributed by atoms with Crippen LogP contribution >= 0.6 is 24.8 Å². The number of unbranched alkanes of at least 4 members (excludes halogenated alkanes) is 2. The third-order valence-electron chi connectivity index (χ3n) is 6.58. The van der Waals surface area contributed by atoms with E-state index in [0.717, 1.165) is 58.4 Å². The minimum atomic E-state index is 0. The normalized spacial score (nSPS) is 18.1. The summed E-state index contributed by atoms with van der Waals surface area (Å²) in [6.45, 7) is 5.64. The van der Waals surface area contributed by atoms with Crippen LogP contribution in [0.25, 0.3) is 0 Å². The number of rotatable bonds is 8. The summed E-state index contributed by atoms with van der Waals surface area (Å²) in [4.78, 5) is 17.5. The van der Waals surface area contributed by atoms with Crippen LogP contribution in [0.2, 0.25) is 0 Å². The molecule has 2 aromatic carbocycles. The van der Waals surface area contributed by atoms with Gasteiger partial charge in [-0.25, -0.2) is 0 Å². The monoisotopic (exact) mass is 477 g/mol. The Balaban J connectivity index is 0.00000181. The number of aryl methyl sites for hydroxylation is 1. The average molecular weight is 479 g/mol. The van der Waals surface area contributed by atoms with Crippen molar-refractivity contribution in [2.45, 2.75) is 51.0 Å². The third kappa shape index (κ3) is 7.40. The van der Waals surface area contributed by atoms with Crippen LogP contribution in [0.1, 0.15) is 55.7 Å². The summed E-state index contributed by atoms with van der Waals surface area (Å²) in [5, 5.41) is 3.28. The van der Waals surface area contributed by atoms with E-state index >= 15 is 0 Å². The highest BCUT2D eigenvalue weighted by Gasteiger charge is 2.21. The first kappa shape index (κ1) is 26.5. The van der Waals surface area contributed by atoms with E-state index in [-0.39, 0.29) is 36.8 Å². The molecule has 2 aliphatic rings. The second-order valence-corrected chi connectivity index (χ2v) is 8.69. The van der Waals surface area contributed by atoms with Gasteiger partial charge in [-0.1, -0.05) is 48.9 Å². The molecule has 0 radical (unpaired) electrons. The fourth-order valence-electron chi connectivity index (χ4n) is 4.84. The lowest BCUT2D eigenvalue weighted by Crippen LogP contribution is -2.46. The Morgan fingerprint density at radius 3 is 2.38 bits per heavy atom. The maximum absolute atomic E-state index is 12.4. The SMILES string of the molecule is Cl.Cl.O=C(CCCCCN1CCN(c2ccccc2)CC1)NC1CCCc2ccccc21. The van der Waals surface area contributed by atoms with Gasteiger partial charge >= 0.3 is 0 Å². The maximum atomic E-state index is 12.4. The van der Waals surface area contributed by atoms with Gasteiger partial charge in [-0.2, -0.15) is 0 Å². The molecule has 4 nitrogen and oxygen atoms in total. The molecule has 0 bridgehead atoms. The summed E-state index contributed by atoms with van der Waals surface area (Å²) in [6, 6.07) is 19.5. The molecule has 1 N–H and O–H groups in total. The predicted octanol–water partition coefficient (Wildman–Crippen LogP) is 5.41. The highest BCUT2D eigenvalue weighted by Crippen LogP contribution is 2.29. The quantitative estimate of drug-likeness (QED) is 0.516. The van der Waals surface area contributed by atoms with Gasteiger partial charge in [-0.15, -0.1) is 24.8 Å². The number of hydrogen-bond acceptors (Lipinski definition) is 3. The van der Waals surface area contributed by atoms with E-state index in [1.165, 1.54) is 29.7 Å². The predicted molar refractivity (Wildman–Crippen MR) is 138 cm³/mol. The van der Waals surface area contributed by atoms with E-state index in [1.54, 1.807) is 0 Å². The van der Waals surface area contributed by atoms with E-state index in [1.807, 2.05) is 0 Å². The number of amides is 1. The van der Waals surface area contributed by atoms with Crippen LogP contribution in [0.4, 0.5) is 5.69 Å². The molecule has 0 aromatic heterocycles. The fourth-order valence-corrected chi connectivity index (χ4v) is 4.84. The fraction of sp³-hybridized carbons (Fsp3) is 0.500. The van der Waals surface area contributed by atoms with Gasteiger partial charge in [0.05, 0.1) is 6.04 Å². The van der Waals surface area contributed by atoms with Crippen LogP contribution in [0.15, 0.2) is 54.6 Å². The topological polar surface area (TPSA) is 35.6 Å². The van der Waals surface area contributed by atoms with Gasteiger partial charge < -0.3 is 10.2 Å². The van der Waals surface area contributed by atoms with Crippen molar-refractivity contribution in [3.8, 4) is 0 Å². The summed E-state index contributed by atoms with van der Waals surface area (Å²) in [5.74, 6) is 0.216. The lowest BCUT2D eigenvalue weighted by atomic mass is 9.87. The van der Waals surface area contributed by atoms with E-state index in [4.69, 9.17) is 0 Å². The molecule has 1 fully saturated rings. The Kier molecular flexibility index (Phi) is 11.4. The number of piperazine rings is 1. The van der Waals surface area contributed by atoms with Crippen molar-refractivity contribution in [1.29, 1.82) is 0 Å². The Morgan fingerprint density at radius 1 is 0.875 bits per heavy atom. The number of benzene rings is 2. The summed E-state index contributed by atoms with van der Waals surface area (Å²) in [5.41, 5.74) is 4.07. The van der Waals surface area contributed by atoms with Crippen LogP contribution < -0.4 is 10.2 Å². The Bertz CT molecular complexity index is 810. The maximum Gasteiger partial charge on any atom is 0.220 e. The summed E-state index contributed by atoms with van der Waals surface area (Å²) >= 11 is 0. The first-order valence-electron chi connectivity index (χ1n) is 11.7. The summed E-state index contributed by atoms with van der Waals surface area (Å²) in [6.07, 6.45) is 7.34. The van der Waals surface area contributed by atoms with Gasteiger partial charge in [0.2, 0.25) is 5.91 Å². The van der Waals surface area contributed by atoms with Crippen molar-refractivity contribution in [2.75, 3.05) is 37.6 Å². The van der Waals surface area contributed by atoms with Crippen LogP contribution in [0.5, 0.6) is 0 Å². The molecule has 1 amide bonds. The Labute approximate surface area is 205 Å². The van der Waals surface area contributed by atoms with Crippen LogP contribution in [0.3, 0.4) is 0 Å². The van der Waals surface area contributed by atoms with Crippen molar-refractivity contribution in [1.82, 2.24) is 10.2 Å². The van der Waals surface area contributed by atoms with Crippen molar-refractivity contribution in [2.24, 2.45) is 0 Å². The molecule has 176 valence electrons. The smallest absolute Gasteiger partial charge is 0.220 e. The average Bonchev–Trinajstić information content (AvgIpc) is 2.80. The molecule has 1 aliphatic carbocycles. The second kappa shape index (κ2) is 13.7. The molecule has 1 aliphatic heterocycles. The number of nitrogens with zero attached hydrogens (tertiary/aromatic N) is 2. The highest BCUT2D eigenvalue weighted by molar-refractivity contribution is 5.85. The Hall–Kier alpha value is -1.75. The molecule has 6 heteroatoms. The first-order valence-corrected chi connectivity index (χ1v) is 11.7.